The van der Waals surface area contributed by atoms with Crippen LogP contribution < -0.4 is 10.1 Å². The molecule has 0 atom stereocenters. The highest BCUT2D eigenvalue weighted by Crippen LogP contribution is 2.18. The van der Waals surface area contributed by atoms with Gasteiger partial charge >= 0.3 is 0 Å². The highest BCUT2D eigenvalue weighted by atomic mass is 16.5. The second-order valence-electron chi connectivity index (χ2n) is 5.57. The van der Waals surface area contributed by atoms with E-state index in [4.69, 9.17) is 4.74 Å². The Kier molecular flexibility index (Phi) is 5.27. The van der Waals surface area contributed by atoms with Crippen LogP contribution in [0.2, 0.25) is 0 Å². The summed E-state index contributed by atoms with van der Waals surface area (Å²) < 4.78 is 7.69. The lowest BCUT2D eigenvalue weighted by atomic mass is 10.2. The molecule has 0 unspecified atom stereocenters. The molecule has 114 valence electrons. The van der Waals surface area contributed by atoms with Crippen molar-refractivity contribution in [3.05, 3.63) is 35.7 Å². The molecule has 2 aromatic rings. The summed E-state index contributed by atoms with van der Waals surface area (Å²) in [4.78, 5) is 4.56. The van der Waals surface area contributed by atoms with Crippen molar-refractivity contribution in [3.63, 3.8) is 0 Å². The molecule has 0 fully saturated rings. The van der Waals surface area contributed by atoms with Crippen molar-refractivity contribution in [2.24, 2.45) is 13.0 Å². The Morgan fingerprint density at radius 2 is 2.14 bits per heavy atom. The van der Waals surface area contributed by atoms with E-state index in [-0.39, 0.29) is 0 Å². The van der Waals surface area contributed by atoms with E-state index in [1.807, 2.05) is 30.7 Å². The number of aryl methyl sites for hydroxylation is 2. The van der Waals surface area contributed by atoms with Crippen LogP contribution in [0.4, 0.5) is 0 Å². The van der Waals surface area contributed by atoms with E-state index in [2.05, 4.69) is 34.3 Å². The molecule has 6 nitrogen and oxygen atoms in total. The van der Waals surface area contributed by atoms with Crippen molar-refractivity contribution in [1.29, 1.82) is 0 Å². The fourth-order valence-electron chi connectivity index (χ4n) is 1.92. The van der Waals surface area contributed by atoms with E-state index in [1.165, 1.54) is 0 Å². The van der Waals surface area contributed by atoms with Gasteiger partial charge in [-0.3, -0.25) is 4.98 Å². The third kappa shape index (κ3) is 4.53. The average molecular weight is 289 g/mol. The molecule has 0 amide bonds. The first kappa shape index (κ1) is 15.4. The van der Waals surface area contributed by atoms with Gasteiger partial charge in [0.15, 0.2) is 5.82 Å². The summed E-state index contributed by atoms with van der Waals surface area (Å²) in [6.07, 6.45) is 1.66. The van der Waals surface area contributed by atoms with E-state index < -0.39 is 0 Å². The number of nitrogens with one attached hydrogen (secondary N) is 1. The smallest absolute Gasteiger partial charge is 0.170 e. The Morgan fingerprint density at radius 1 is 1.33 bits per heavy atom. The molecule has 21 heavy (non-hydrogen) atoms. The lowest BCUT2D eigenvalue weighted by Crippen LogP contribution is -2.20. The van der Waals surface area contributed by atoms with Crippen molar-refractivity contribution >= 4 is 0 Å². The molecular weight excluding hydrogens is 266 g/mol. The van der Waals surface area contributed by atoms with Crippen LogP contribution in [0.25, 0.3) is 0 Å². The maximum absolute atomic E-state index is 5.85. The molecule has 0 spiro atoms. The molecule has 0 aliphatic carbocycles. The van der Waals surface area contributed by atoms with Gasteiger partial charge in [-0.25, -0.2) is 0 Å². The summed E-state index contributed by atoms with van der Waals surface area (Å²) in [6.45, 7) is 8.40. The fourth-order valence-corrected chi connectivity index (χ4v) is 1.92. The molecule has 2 aromatic heterocycles. The standard InChI is InChI=1S/C15H23N5O/c1-11(2)7-16-8-13-14(6-5-12(3)18-13)21-9-15-19-17-10-20(15)4/h5-6,10-11,16H,7-9H2,1-4H3. The highest BCUT2D eigenvalue weighted by Gasteiger charge is 2.08. The normalized spacial score (nSPS) is 11.1. The van der Waals surface area contributed by atoms with Gasteiger partial charge in [0.25, 0.3) is 0 Å². The van der Waals surface area contributed by atoms with Crippen molar-refractivity contribution < 1.29 is 4.74 Å². The second-order valence-corrected chi connectivity index (χ2v) is 5.57. The molecule has 6 heteroatoms. The van der Waals surface area contributed by atoms with Gasteiger partial charge in [-0.1, -0.05) is 13.8 Å². The maximum atomic E-state index is 5.85. The van der Waals surface area contributed by atoms with Crippen LogP contribution in [0.3, 0.4) is 0 Å². The van der Waals surface area contributed by atoms with Crippen molar-refractivity contribution in [1.82, 2.24) is 25.1 Å². The minimum absolute atomic E-state index is 0.387. The first-order valence-electron chi connectivity index (χ1n) is 7.19. The molecule has 0 radical (unpaired) electrons. The average Bonchev–Trinajstić information content (AvgIpc) is 2.83. The summed E-state index contributed by atoms with van der Waals surface area (Å²) in [5.41, 5.74) is 1.92. The van der Waals surface area contributed by atoms with Crippen LogP contribution in [-0.2, 0) is 20.2 Å². The lowest BCUT2D eigenvalue weighted by molar-refractivity contribution is 0.285. The minimum Gasteiger partial charge on any atom is -0.484 e. The third-order valence-corrected chi connectivity index (χ3v) is 3.08. The maximum Gasteiger partial charge on any atom is 0.170 e. The van der Waals surface area contributed by atoms with Crippen molar-refractivity contribution in [3.8, 4) is 5.75 Å². The SMILES string of the molecule is Cc1ccc(OCc2nncn2C)c(CNCC(C)C)n1. The summed E-state index contributed by atoms with van der Waals surface area (Å²) in [5.74, 6) is 2.19. The number of aromatic nitrogens is 4. The van der Waals surface area contributed by atoms with Crippen LogP contribution in [-0.4, -0.2) is 26.3 Å². The Bertz CT molecular complexity index is 579. The first-order valence-corrected chi connectivity index (χ1v) is 7.19. The first-order chi connectivity index (χ1) is 10.1. The highest BCUT2D eigenvalue weighted by molar-refractivity contribution is 5.29. The quantitative estimate of drug-likeness (QED) is 0.842. The van der Waals surface area contributed by atoms with E-state index in [0.29, 0.717) is 19.1 Å². The fraction of sp³-hybridized carbons (Fsp3) is 0.533. The van der Waals surface area contributed by atoms with Gasteiger partial charge in [0.2, 0.25) is 0 Å². The number of hydrogen-bond acceptors (Lipinski definition) is 5. The number of rotatable bonds is 7. The zero-order valence-electron chi connectivity index (χ0n) is 13.1. The van der Waals surface area contributed by atoms with E-state index in [1.54, 1.807) is 6.33 Å². The molecule has 2 heterocycles. The van der Waals surface area contributed by atoms with Crippen LogP contribution >= 0.6 is 0 Å². The largest absolute Gasteiger partial charge is 0.484 e. The molecule has 1 N–H and O–H groups in total. The molecule has 0 saturated carbocycles. The topological polar surface area (TPSA) is 64.9 Å². The van der Waals surface area contributed by atoms with Crippen LogP contribution in [0, 0.1) is 12.8 Å². The van der Waals surface area contributed by atoms with Gasteiger partial charge in [-0.15, -0.1) is 10.2 Å². The number of nitrogens with zero attached hydrogens (tertiary/aromatic N) is 4. The summed E-state index contributed by atoms with van der Waals surface area (Å²) in [5, 5.41) is 11.3. The third-order valence-electron chi connectivity index (χ3n) is 3.08. The zero-order valence-corrected chi connectivity index (χ0v) is 13.1. The van der Waals surface area contributed by atoms with Crippen LogP contribution in [0.15, 0.2) is 18.5 Å². The Balaban J connectivity index is 2.02. The van der Waals surface area contributed by atoms with E-state index >= 15 is 0 Å². The Hall–Kier alpha value is -1.95. The lowest BCUT2D eigenvalue weighted by Gasteiger charge is -2.13. The predicted molar refractivity (Wildman–Crippen MR) is 80.9 cm³/mol. The van der Waals surface area contributed by atoms with Gasteiger partial charge in [-0.2, -0.15) is 0 Å². The van der Waals surface area contributed by atoms with Crippen LogP contribution in [0.5, 0.6) is 5.75 Å². The summed E-state index contributed by atoms with van der Waals surface area (Å²) in [6, 6.07) is 3.92. The molecule has 0 aliphatic rings. The van der Waals surface area contributed by atoms with Crippen LogP contribution in [0.1, 0.15) is 31.1 Å². The number of pyridine rings is 1. The van der Waals surface area contributed by atoms with Gasteiger partial charge < -0.3 is 14.6 Å². The molecule has 2 rings (SSSR count). The number of ether oxygens (including phenoxy) is 1. The minimum atomic E-state index is 0.387. The molecular formula is C15H23N5O. The van der Waals surface area contributed by atoms with Gasteiger partial charge in [0.05, 0.1) is 5.69 Å². The van der Waals surface area contributed by atoms with E-state index in [0.717, 1.165) is 29.5 Å². The van der Waals surface area contributed by atoms with Gasteiger partial charge in [-0.05, 0) is 31.5 Å². The van der Waals surface area contributed by atoms with E-state index in [9.17, 15) is 0 Å². The van der Waals surface area contributed by atoms with Crippen molar-refractivity contribution in [2.75, 3.05) is 6.54 Å². The monoisotopic (exact) mass is 289 g/mol. The zero-order chi connectivity index (χ0) is 15.2. The Morgan fingerprint density at radius 3 is 2.81 bits per heavy atom. The molecule has 0 bridgehead atoms. The van der Waals surface area contributed by atoms with Crippen molar-refractivity contribution in [2.45, 2.75) is 33.9 Å². The molecule has 0 saturated heterocycles. The summed E-state index contributed by atoms with van der Waals surface area (Å²) in [7, 11) is 1.90. The number of hydrogen-bond donors (Lipinski definition) is 1. The predicted octanol–water partition coefficient (Wildman–Crippen LogP) is 1.84. The molecule has 0 aliphatic heterocycles. The van der Waals surface area contributed by atoms with Gasteiger partial charge in [0.1, 0.15) is 18.7 Å². The summed E-state index contributed by atoms with van der Waals surface area (Å²) >= 11 is 0. The molecule has 0 aromatic carbocycles. The van der Waals surface area contributed by atoms with Gasteiger partial charge in [0, 0.05) is 19.3 Å². The Labute approximate surface area is 125 Å². The second kappa shape index (κ2) is 7.17.